The van der Waals surface area contributed by atoms with Crippen molar-refractivity contribution in [1.29, 1.82) is 0 Å². The second-order valence-corrected chi connectivity index (χ2v) is 7.46. The van der Waals surface area contributed by atoms with Gasteiger partial charge in [0, 0.05) is 18.5 Å². The van der Waals surface area contributed by atoms with Crippen LogP contribution in [0.4, 0.5) is 0 Å². The topological polar surface area (TPSA) is 92.5 Å². The molecule has 4 aromatic rings. The van der Waals surface area contributed by atoms with Crippen LogP contribution in [0.3, 0.4) is 0 Å². The van der Waals surface area contributed by atoms with Crippen LogP contribution in [0, 0.1) is 0 Å². The van der Waals surface area contributed by atoms with Crippen molar-refractivity contribution in [3.63, 3.8) is 0 Å². The van der Waals surface area contributed by atoms with E-state index in [1.54, 1.807) is 0 Å². The molecule has 0 aliphatic carbocycles. The van der Waals surface area contributed by atoms with E-state index in [1.165, 1.54) is 0 Å². The Morgan fingerprint density at radius 2 is 1.81 bits per heavy atom. The number of hydrogen-bond acceptors (Lipinski definition) is 5. The summed E-state index contributed by atoms with van der Waals surface area (Å²) in [5.41, 5.74) is 4.84. The number of aliphatic hydroxyl groups excluding tert-OH is 1. The molecule has 0 aliphatic rings. The van der Waals surface area contributed by atoms with Crippen molar-refractivity contribution in [3.8, 4) is 22.5 Å². The number of aromatic nitrogens is 6. The van der Waals surface area contributed by atoms with Crippen LogP contribution in [0.2, 0.25) is 5.15 Å². The van der Waals surface area contributed by atoms with Crippen molar-refractivity contribution < 1.29 is 5.11 Å². The zero-order chi connectivity index (χ0) is 20.9. The normalized spacial score (nSPS) is 10.8. The van der Waals surface area contributed by atoms with Gasteiger partial charge in [-0.25, -0.2) is 10.1 Å². The van der Waals surface area contributed by atoms with Crippen LogP contribution in [-0.2, 0) is 19.6 Å². The van der Waals surface area contributed by atoms with Crippen molar-refractivity contribution in [3.05, 3.63) is 70.8 Å². The van der Waals surface area contributed by atoms with Crippen molar-refractivity contribution in [2.45, 2.75) is 39.3 Å². The molecule has 0 radical (unpaired) electrons. The summed E-state index contributed by atoms with van der Waals surface area (Å²) in [6, 6.07) is 16.3. The third kappa shape index (κ3) is 5.08. The zero-order valence-corrected chi connectivity index (χ0v) is 17.5. The van der Waals surface area contributed by atoms with Gasteiger partial charge in [0.25, 0.3) is 0 Å². The Labute approximate surface area is 198 Å². The standard InChI is InChI=1S/C22H23ClN6O.Li.H/c1-2-3-8-20-24-21(23)19(14-30)29(20)13-15-9-11-16(12-10-15)17-6-4-5-7-18(17)22-25-27-28-26-22;;/h4-7,9-12,30H,2-3,8,13-14H2,1H3,(H,25,26,27,28);;. The van der Waals surface area contributed by atoms with Gasteiger partial charge in [0.1, 0.15) is 5.82 Å². The van der Waals surface area contributed by atoms with Crippen molar-refractivity contribution in [2.75, 3.05) is 0 Å². The van der Waals surface area contributed by atoms with Crippen LogP contribution in [0.15, 0.2) is 48.5 Å². The van der Waals surface area contributed by atoms with Crippen LogP contribution in [0.25, 0.3) is 22.5 Å². The summed E-state index contributed by atoms with van der Waals surface area (Å²) >= 11 is 6.26. The van der Waals surface area contributed by atoms with E-state index in [9.17, 15) is 5.11 Å². The average molecular weight is 431 g/mol. The van der Waals surface area contributed by atoms with Gasteiger partial charge < -0.3 is 9.67 Å². The van der Waals surface area contributed by atoms with E-state index in [-0.39, 0.29) is 25.5 Å². The Morgan fingerprint density at radius 3 is 2.45 bits per heavy atom. The number of H-pyrrole nitrogens is 1. The van der Waals surface area contributed by atoms with Gasteiger partial charge in [0.2, 0.25) is 0 Å². The summed E-state index contributed by atoms with van der Waals surface area (Å²) < 4.78 is 2.03. The molecular weight excluding hydrogens is 407 g/mol. The molecular formula is C22H24ClLiN6O. The molecule has 2 aromatic heterocycles. The Balaban J connectivity index is 0.00000272. The maximum absolute atomic E-state index is 9.77. The van der Waals surface area contributed by atoms with Gasteiger partial charge in [-0.3, -0.25) is 0 Å². The van der Waals surface area contributed by atoms with Crippen LogP contribution >= 0.6 is 11.6 Å². The van der Waals surface area contributed by atoms with Gasteiger partial charge in [-0.1, -0.05) is 73.5 Å². The van der Waals surface area contributed by atoms with Gasteiger partial charge in [0.05, 0.1) is 12.3 Å². The SMILES string of the molecule is CCCCc1nc(Cl)c(CO)n1Cc1ccc(-c2ccccc2-c2nnn[nH]2)cc1.[LiH]. The molecule has 2 N–H and O–H groups in total. The zero-order valence-electron chi connectivity index (χ0n) is 16.7. The van der Waals surface area contributed by atoms with Crippen molar-refractivity contribution >= 4 is 30.5 Å². The first-order valence-electron chi connectivity index (χ1n) is 9.98. The molecule has 4 rings (SSSR count). The second kappa shape index (κ2) is 10.7. The number of benzene rings is 2. The van der Waals surface area contributed by atoms with Gasteiger partial charge in [-0.15, -0.1) is 5.10 Å². The van der Waals surface area contributed by atoms with Gasteiger partial charge >= 0.3 is 18.9 Å². The average Bonchev–Trinajstić information content (AvgIpc) is 3.41. The van der Waals surface area contributed by atoms with Crippen LogP contribution in [0.5, 0.6) is 0 Å². The van der Waals surface area contributed by atoms with Crippen LogP contribution < -0.4 is 0 Å². The minimum atomic E-state index is -0.130. The van der Waals surface area contributed by atoms with Crippen molar-refractivity contribution in [2.24, 2.45) is 0 Å². The molecule has 2 heterocycles. The number of hydrogen-bond donors (Lipinski definition) is 2. The molecule has 9 heteroatoms. The fraction of sp³-hybridized carbons (Fsp3) is 0.273. The predicted molar refractivity (Wildman–Crippen MR) is 123 cm³/mol. The first kappa shape index (κ1) is 23.2. The second-order valence-electron chi connectivity index (χ2n) is 7.11. The number of nitrogens with one attached hydrogen (secondary N) is 1. The molecule has 0 amide bonds. The van der Waals surface area contributed by atoms with E-state index >= 15 is 0 Å². The summed E-state index contributed by atoms with van der Waals surface area (Å²) in [6.07, 6.45) is 2.95. The molecule has 156 valence electrons. The van der Waals surface area contributed by atoms with E-state index in [0.29, 0.717) is 23.2 Å². The molecule has 2 aromatic carbocycles. The summed E-state index contributed by atoms with van der Waals surface area (Å²) in [6.45, 7) is 2.63. The molecule has 0 saturated heterocycles. The summed E-state index contributed by atoms with van der Waals surface area (Å²) in [7, 11) is 0. The van der Waals surface area contributed by atoms with Gasteiger partial charge in [-0.2, -0.15) is 0 Å². The summed E-state index contributed by atoms with van der Waals surface area (Å²) in [4.78, 5) is 4.47. The third-order valence-electron chi connectivity index (χ3n) is 5.14. The van der Waals surface area contributed by atoms with E-state index in [0.717, 1.165) is 47.3 Å². The minimum absolute atomic E-state index is 0. The number of imidazole rings is 1. The third-order valence-corrected chi connectivity index (χ3v) is 5.44. The van der Waals surface area contributed by atoms with Crippen LogP contribution in [-0.4, -0.2) is 54.1 Å². The Morgan fingerprint density at radius 1 is 1.06 bits per heavy atom. The maximum atomic E-state index is 9.77. The summed E-state index contributed by atoms with van der Waals surface area (Å²) in [5, 5.41) is 24.4. The number of aromatic amines is 1. The number of unbranched alkanes of at least 4 members (excludes halogenated alkanes) is 1. The molecule has 7 nitrogen and oxygen atoms in total. The van der Waals surface area contributed by atoms with E-state index in [2.05, 4.69) is 62.9 Å². The molecule has 0 spiro atoms. The number of rotatable bonds is 8. The molecule has 0 saturated carbocycles. The Bertz CT molecular complexity index is 1110. The Hall–Kier alpha value is -2.43. The fourth-order valence-corrected chi connectivity index (χ4v) is 3.81. The molecule has 0 bridgehead atoms. The number of tetrazole rings is 1. The van der Waals surface area contributed by atoms with E-state index < -0.39 is 0 Å². The van der Waals surface area contributed by atoms with Crippen molar-refractivity contribution in [1.82, 2.24) is 30.2 Å². The molecule has 0 unspecified atom stereocenters. The monoisotopic (exact) mass is 430 g/mol. The first-order valence-corrected chi connectivity index (χ1v) is 10.4. The number of nitrogens with zero attached hydrogens (tertiary/aromatic N) is 5. The van der Waals surface area contributed by atoms with Crippen LogP contribution in [0.1, 0.15) is 36.8 Å². The predicted octanol–water partition coefficient (Wildman–Crippen LogP) is 3.62. The molecule has 0 fully saturated rings. The number of aryl methyl sites for hydroxylation is 1. The summed E-state index contributed by atoms with van der Waals surface area (Å²) in [5.74, 6) is 1.55. The number of aliphatic hydroxyl groups is 1. The first-order chi connectivity index (χ1) is 14.7. The van der Waals surface area contributed by atoms with Gasteiger partial charge in [0.15, 0.2) is 11.0 Å². The number of halogens is 1. The molecule has 0 atom stereocenters. The fourth-order valence-electron chi connectivity index (χ4n) is 3.56. The van der Waals surface area contributed by atoms with Gasteiger partial charge in [-0.05, 0) is 33.5 Å². The quantitative estimate of drug-likeness (QED) is 0.416. The van der Waals surface area contributed by atoms with E-state index in [4.69, 9.17) is 11.6 Å². The Kier molecular flexibility index (Phi) is 8.05. The molecule has 0 aliphatic heterocycles. The molecule has 31 heavy (non-hydrogen) atoms. The van der Waals surface area contributed by atoms with E-state index in [1.807, 2.05) is 22.8 Å².